The van der Waals surface area contributed by atoms with Gasteiger partial charge in [0.05, 0.1) is 19.7 Å². The van der Waals surface area contributed by atoms with Crippen LogP contribution in [0.3, 0.4) is 0 Å². The number of hydrogen-bond acceptors (Lipinski definition) is 4. The number of hydrogen-bond donors (Lipinski definition) is 2. The Kier molecular flexibility index (Phi) is 13.4. The van der Waals surface area contributed by atoms with Crippen LogP contribution in [-0.4, -0.2) is 64.3 Å². The van der Waals surface area contributed by atoms with E-state index >= 15 is 0 Å². The number of aryl methyl sites for hydroxylation is 1. The standard InChI is InChI=1S/C24H34N4O3.HI/c1-19-10-11-21(22(16-19)31-15-14-30-4)17-26-24(27-18-23(29)28(2)3)25-13-12-20-8-6-5-7-9-20;/h5-11,16H,12-15,17-18H2,1-4H3,(H2,25,26,27);1H. The van der Waals surface area contributed by atoms with Crippen molar-refractivity contribution in [2.45, 2.75) is 19.9 Å². The van der Waals surface area contributed by atoms with Gasteiger partial charge in [0.1, 0.15) is 12.4 Å². The first-order chi connectivity index (χ1) is 15.0. The highest BCUT2D eigenvalue weighted by Gasteiger charge is 2.08. The van der Waals surface area contributed by atoms with Crippen LogP contribution in [0.15, 0.2) is 53.5 Å². The highest BCUT2D eigenvalue weighted by molar-refractivity contribution is 14.0. The first-order valence-corrected chi connectivity index (χ1v) is 10.5. The van der Waals surface area contributed by atoms with Gasteiger partial charge < -0.3 is 25.0 Å². The summed E-state index contributed by atoms with van der Waals surface area (Å²) in [5.74, 6) is 1.37. The molecular weight excluding hydrogens is 519 g/mol. The lowest BCUT2D eigenvalue weighted by molar-refractivity contribution is -0.127. The van der Waals surface area contributed by atoms with E-state index in [0.717, 1.165) is 23.3 Å². The van der Waals surface area contributed by atoms with Crippen molar-refractivity contribution in [3.05, 3.63) is 65.2 Å². The van der Waals surface area contributed by atoms with Gasteiger partial charge >= 0.3 is 0 Å². The molecule has 0 aromatic heterocycles. The summed E-state index contributed by atoms with van der Waals surface area (Å²) in [5, 5.41) is 6.45. The minimum absolute atomic E-state index is 0. The van der Waals surface area contributed by atoms with Crippen molar-refractivity contribution in [2.75, 3.05) is 47.5 Å². The summed E-state index contributed by atoms with van der Waals surface area (Å²) in [6.45, 7) is 4.35. The van der Waals surface area contributed by atoms with Crippen LogP contribution in [0.4, 0.5) is 0 Å². The quantitative estimate of drug-likeness (QED) is 0.194. The van der Waals surface area contributed by atoms with Crippen LogP contribution in [0.1, 0.15) is 16.7 Å². The van der Waals surface area contributed by atoms with Gasteiger partial charge in [-0.3, -0.25) is 4.79 Å². The van der Waals surface area contributed by atoms with E-state index in [1.807, 2.05) is 43.3 Å². The van der Waals surface area contributed by atoms with Crippen LogP contribution in [0, 0.1) is 6.92 Å². The van der Waals surface area contributed by atoms with Gasteiger partial charge in [-0.25, -0.2) is 4.99 Å². The zero-order valence-corrected chi connectivity index (χ0v) is 21.7. The minimum Gasteiger partial charge on any atom is -0.491 e. The molecule has 1 amide bonds. The third kappa shape index (κ3) is 10.3. The molecule has 0 atom stereocenters. The van der Waals surface area contributed by atoms with Crippen molar-refractivity contribution in [3.63, 3.8) is 0 Å². The number of carbonyl (C=O) groups excluding carboxylic acids is 1. The molecule has 0 aliphatic rings. The van der Waals surface area contributed by atoms with Gasteiger partial charge in [0.15, 0.2) is 5.96 Å². The number of nitrogens with zero attached hydrogens (tertiary/aromatic N) is 2. The zero-order valence-electron chi connectivity index (χ0n) is 19.4. The Balaban J connectivity index is 0.00000512. The molecule has 0 aliphatic heterocycles. The molecule has 0 fully saturated rings. The van der Waals surface area contributed by atoms with Gasteiger partial charge in [-0.1, -0.05) is 42.5 Å². The lowest BCUT2D eigenvalue weighted by atomic mass is 10.1. The average Bonchev–Trinajstić information content (AvgIpc) is 2.76. The van der Waals surface area contributed by atoms with Crippen molar-refractivity contribution in [1.82, 2.24) is 15.5 Å². The van der Waals surface area contributed by atoms with Crippen molar-refractivity contribution < 1.29 is 14.3 Å². The van der Waals surface area contributed by atoms with E-state index in [1.165, 1.54) is 5.56 Å². The highest BCUT2D eigenvalue weighted by Crippen LogP contribution is 2.21. The van der Waals surface area contributed by atoms with E-state index in [0.29, 0.717) is 32.3 Å². The van der Waals surface area contributed by atoms with E-state index in [4.69, 9.17) is 9.47 Å². The number of methoxy groups -OCH3 is 1. The van der Waals surface area contributed by atoms with Crippen LogP contribution in [0.2, 0.25) is 0 Å². The average molecular weight is 554 g/mol. The van der Waals surface area contributed by atoms with Gasteiger partial charge in [0, 0.05) is 33.3 Å². The van der Waals surface area contributed by atoms with Crippen molar-refractivity contribution in [1.29, 1.82) is 0 Å². The van der Waals surface area contributed by atoms with Gasteiger partial charge in [0.25, 0.3) is 0 Å². The maximum Gasteiger partial charge on any atom is 0.241 e. The molecule has 32 heavy (non-hydrogen) atoms. The topological polar surface area (TPSA) is 75.2 Å². The molecule has 0 aliphatic carbocycles. The molecule has 0 saturated carbocycles. The number of aliphatic imine (C=N–C) groups is 1. The summed E-state index contributed by atoms with van der Waals surface area (Å²) in [6.07, 6.45) is 0.860. The molecule has 0 saturated heterocycles. The van der Waals surface area contributed by atoms with Crippen LogP contribution in [-0.2, 0) is 22.5 Å². The molecule has 0 bridgehead atoms. The molecule has 0 heterocycles. The van der Waals surface area contributed by atoms with Gasteiger partial charge in [-0.15, -0.1) is 24.0 Å². The number of guanidine groups is 1. The van der Waals surface area contributed by atoms with E-state index in [2.05, 4.69) is 27.8 Å². The lowest BCUT2D eigenvalue weighted by Gasteiger charge is -2.16. The maximum atomic E-state index is 12.0. The molecular formula is C24H35IN4O3. The largest absolute Gasteiger partial charge is 0.491 e. The smallest absolute Gasteiger partial charge is 0.241 e. The summed E-state index contributed by atoms with van der Waals surface area (Å²) in [5.41, 5.74) is 3.34. The molecule has 7 nitrogen and oxygen atoms in total. The fraction of sp³-hybridized carbons (Fsp3) is 0.417. The molecule has 2 aromatic carbocycles. The molecule has 8 heteroatoms. The third-order valence-corrected chi connectivity index (χ3v) is 4.63. The number of benzene rings is 2. The molecule has 2 rings (SSSR count). The second-order valence-electron chi connectivity index (χ2n) is 7.42. The number of carbonyl (C=O) groups is 1. The number of amides is 1. The van der Waals surface area contributed by atoms with Crippen molar-refractivity contribution in [3.8, 4) is 5.75 Å². The SMILES string of the molecule is COCCOc1cc(C)ccc1CN=C(NCCc1ccccc1)NCC(=O)N(C)C.I. The number of rotatable bonds is 11. The van der Waals surface area contributed by atoms with E-state index in [9.17, 15) is 4.79 Å². The van der Waals surface area contributed by atoms with E-state index in [-0.39, 0.29) is 36.4 Å². The van der Waals surface area contributed by atoms with Gasteiger partial charge in [-0.2, -0.15) is 0 Å². The van der Waals surface area contributed by atoms with Crippen LogP contribution >= 0.6 is 24.0 Å². The molecule has 2 N–H and O–H groups in total. The molecule has 0 unspecified atom stereocenters. The Morgan fingerprint density at radius 1 is 1.06 bits per heavy atom. The third-order valence-electron chi connectivity index (χ3n) is 4.63. The Morgan fingerprint density at radius 3 is 2.50 bits per heavy atom. The van der Waals surface area contributed by atoms with E-state index < -0.39 is 0 Å². The van der Waals surface area contributed by atoms with Crippen LogP contribution in [0.25, 0.3) is 0 Å². The molecule has 0 spiro atoms. The van der Waals surface area contributed by atoms with E-state index in [1.54, 1.807) is 26.1 Å². The predicted octanol–water partition coefficient (Wildman–Crippen LogP) is 3.00. The van der Waals surface area contributed by atoms with Crippen molar-refractivity contribution in [2.24, 2.45) is 4.99 Å². The Labute approximate surface area is 208 Å². The second-order valence-corrected chi connectivity index (χ2v) is 7.42. The Morgan fingerprint density at radius 2 is 1.81 bits per heavy atom. The summed E-state index contributed by atoms with van der Waals surface area (Å²) in [7, 11) is 5.12. The first kappa shape index (κ1) is 27.7. The summed E-state index contributed by atoms with van der Waals surface area (Å²) < 4.78 is 10.9. The summed E-state index contributed by atoms with van der Waals surface area (Å²) in [4.78, 5) is 18.2. The number of likely N-dealkylation sites (N-methyl/N-ethyl adjacent to an activating group) is 1. The predicted molar refractivity (Wildman–Crippen MR) is 140 cm³/mol. The Bertz CT molecular complexity index is 844. The fourth-order valence-corrected chi connectivity index (χ4v) is 2.79. The Hall–Kier alpha value is -2.33. The zero-order chi connectivity index (χ0) is 22.5. The molecule has 2 aromatic rings. The molecule has 0 radical (unpaired) electrons. The number of halogens is 1. The van der Waals surface area contributed by atoms with Crippen molar-refractivity contribution >= 4 is 35.8 Å². The van der Waals surface area contributed by atoms with Crippen LogP contribution in [0.5, 0.6) is 5.75 Å². The second kappa shape index (κ2) is 15.5. The van der Waals surface area contributed by atoms with Gasteiger partial charge in [0.2, 0.25) is 5.91 Å². The summed E-state index contributed by atoms with van der Waals surface area (Å²) in [6, 6.07) is 16.3. The number of nitrogens with one attached hydrogen (secondary N) is 2. The normalized spacial score (nSPS) is 10.8. The molecule has 176 valence electrons. The van der Waals surface area contributed by atoms with Crippen LogP contribution < -0.4 is 15.4 Å². The minimum atomic E-state index is -0.0171. The fourth-order valence-electron chi connectivity index (χ4n) is 2.79. The number of ether oxygens (including phenoxy) is 2. The lowest BCUT2D eigenvalue weighted by Crippen LogP contribution is -2.43. The maximum absolute atomic E-state index is 12.0. The van der Waals surface area contributed by atoms with Gasteiger partial charge in [-0.05, 0) is 30.5 Å². The first-order valence-electron chi connectivity index (χ1n) is 10.5. The summed E-state index contributed by atoms with van der Waals surface area (Å²) >= 11 is 0. The highest BCUT2D eigenvalue weighted by atomic mass is 127. The monoisotopic (exact) mass is 554 g/mol.